The summed E-state index contributed by atoms with van der Waals surface area (Å²) in [6.45, 7) is 9.22. The van der Waals surface area contributed by atoms with Crippen LogP contribution in [0.1, 0.15) is 46.0 Å². The van der Waals surface area contributed by atoms with Gasteiger partial charge in [-0.25, -0.2) is 9.18 Å². The highest BCUT2D eigenvalue weighted by molar-refractivity contribution is 5.89. The SMILES string of the molecule is CC1CN(c2ccc(NC(=O)NCC3(N4CCOCC4)CCCCC3)cc2F)CC(C)O1. The fourth-order valence-electron chi connectivity index (χ4n) is 5.49. The number of benzene rings is 1. The molecule has 8 heteroatoms. The average molecular weight is 449 g/mol. The minimum Gasteiger partial charge on any atom is -0.379 e. The molecule has 2 amide bonds. The molecule has 0 bridgehead atoms. The van der Waals surface area contributed by atoms with Crippen molar-refractivity contribution in [3.05, 3.63) is 24.0 Å². The van der Waals surface area contributed by atoms with E-state index < -0.39 is 0 Å². The number of urea groups is 1. The number of nitrogens with one attached hydrogen (secondary N) is 2. The van der Waals surface area contributed by atoms with E-state index in [4.69, 9.17) is 9.47 Å². The highest BCUT2D eigenvalue weighted by Gasteiger charge is 2.38. The van der Waals surface area contributed by atoms with E-state index in [1.807, 2.05) is 18.7 Å². The van der Waals surface area contributed by atoms with Crippen molar-refractivity contribution in [3.63, 3.8) is 0 Å². The van der Waals surface area contributed by atoms with Gasteiger partial charge in [0.15, 0.2) is 0 Å². The molecule has 3 fully saturated rings. The predicted octanol–water partition coefficient (Wildman–Crippen LogP) is 3.60. The number of halogens is 1. The minimum atomic E-state index is -0.332. The maximum absolute atomic E-state index is 14.8. The number of nitrogens with zero attached hydrogens (tertiary/aromatic N) is 2. The Bertz CT molecular complexity index is 771. The maximum Gasteiger partial charge on any atom is 0.319 e. The molecule has 0 spiro atoms. The van der Waals surface area contributed by atoms with Crippen LogP contribution < -0.4 is 15.5 Å². The normalized spacial score (nSPS) is 26.5. The molecule has 2 saturated heterocycles. The zero-order valence-corrected chi connectivity index (χ0v) is 19.4. The number of amides is 2. The van der Waals surface area contributed by atoms with Gasteiger partial charge in [-0.2, -0.15) is 0 Å². The van der Waals surface area contributed by atoms with Gasteiger partial charge in [-0.05, 0) is 44.9 Å². The maximum atomic E-state index is 14.8. The Labute approximate surface area is 190 Å². The summed E-state index contributed by atoms with van der Waals surface area (Å²) >= 11 is 0. The van der Waals surface area contributed by atoms with Crippen LogP contribution in [0.2, 0.25) is 0 Å². The zero-order chi connectivity index (χ0) is 22.6. The third kappa shape index (κ3) is 5.53. The van der Waals surface area contributed by atoms with Crippen LogP contribution in [0.15, 0.2) is 18.2 Å². The van der Waals surface area contributed by atoms with Crippen LogP contribution >= 0.6 is 0 Å². The average Bonchev–Trinajstić information content (AvgIpc) is 2.78. The molecule has 1 saturated carbocycles. The lowest BCUT2D eigenvalue weighted by Crippen LogP contribution is -2.60. The molecular weight excluding hydrogens is 411 g/mol. The van der Waals surface area contributed by atoms with Crippen LogP contribution in [-0.2, 0) is 9.47 Å². The molecule has 0 aromatic heterocycles. The Morgan fingerprint density at radius 2 is 1.81 bits per heavy atom. The number of carbonyl (C=O) groups excluding carboxylic acids is 1. The summed E-state index contributed by atoms with van der Waals surface area (Å²) in [5.74, 6) is -0.332. The molecule has 2 heterocycles. The van der Waals surface area contributed by atoms with Crippen LogP contribution in [0.5, 0.6) is 0 Å². The van der Waals surface area contributed by atoms with Crippen molar-refractivity contribution in [2.75, 3.05) is 56.2 Å². The van der Waals surface area contributed by atoms with Gasteiger partial charge in [-0.3, -0.25) is 4.90 Å². The van der Waals surface area contributed by atoms with E-state index >= 15 is 0 Å². The quantitative estimate of drug-likeness (QED) is 0.721. The van der Waals surface area contributed by atoms with Crippen molar-refractivity contribution >= 4 is 17.4 Å². The monoisotopic (exact) mass is 448 g/mol. The van der Waals surface area contributed by atoms with Crippen LogP contribution in [0.4, 0.5) is 20.6 Å². The molecule has 178 valence electrons. The highest BCUT2D eigenvalue weighted by atomic mass is 19.1. The van der Waals surface area contributed by atoms with Crippen molar-refractivity contribution < 1.29 is 18.7 Å². The van der Waals surface area contributed by atoms with Crippen LogP contribution in [-0.4, -0.2) is 74.6 Å². The fourth-order valence-corrected chi connectivity index (χ4v) is 5.49. The van der Waals surface area contributed by atoms with Gasteiger partial charge in [-0.1, -0.05) is 19.3 Å². The van der Waals surface area contributed by atoms with Gasteiger partial charge in [0.05, 0.1) is 31.1 Å². The molecule has 32 heavy (non-hydrogen) atoms. The molecule has 3 aliphatic rings. The van der Waals surface area contributed by atoms with Crippen molar-refractivity contribution in [3.8, 4) is 0 Å². The summed E-state index contributed by atoms with van der Waals surface area (Å²) in [5, 5.41) is 5.88. The smallest absolute Gasteiger partial charge is 0.319 e. The van der Waals surface area contributed by atoms with Crippen molar-refractivity contribution in [2.24, 2.45) is 0 Å². The lowest BCUT2D eigenvalue weighted by atomic mass is 9.80. The van der Waals surface area contributed by atoms with Gasteiger partial charge in [0, 0.05) is 44.0 Å². The number of ether oxygens (including phenoxy) is 2. The first-order valence-corrected chi connectivity index (χ1v) is 12.0. The van der Waals surface area contributed by atoms with E-state index in [0.29, 0.717) is 31.0 Å². The third-order valence-electron chi connectivity index (χ3n) is 7.01. The number of rotatable bonds is 5. The van der Waals surface area contributed by atoms with Crippen molar-refractivity contribution in [2.45, 2.75) is 63.7 Å². The summed E-state index contributed by atoms with van der Waals surface area (Å²) in [4.78, 5) is 17.2. The molecule has 7 nitrogen and oxygen atoms in total. The van der Waals surface area contributed by atoms with E-state index in [2.05, 4.69) is 15.5 Å². The molecular formula is C24H37FN4O3. The number of morpholine rings is 2. The molecule has 1 aromatic rings. The van der Waals surface area contributed by atoms with Gasteiger partial charge >= 0.3 is 6.03 Å². The molecule has 1 aromatic carbocycles. The Morgan fingerprint density at radius 1 is 1.12 bits per heavy atom. The van der Waals surface area contributed by atoms with Gasteiger partial charge in [-0.15, -0.1) is 0 Å². The molecule has 4 rings (SSSR count). The summed E-state index contributed by atoms with van der Waals surface area (Å²) < 4.78 is 26.1. The number of anilines is 2. The van der Waals surface area contributed by atoms with E-state index in [9.17, 15) is 9.18 Å². The molecule has 0 radical (unpaired) electrons. The number of hydrogen-bond donors (Lipinski definition) is 2. The third-order valence-corrected chi connectivity index (χ3v) is 7.01. The fraction of sp³-hybridized carbons (Fsp3) is 0.708. The second-order valence-corrected chi connectivity index (χ2v) is 9.52. The standard InChI is InChI=1S/C24H37FN4O3/c1-18-15-28(16-19(2)32-18)22-7-6-20(14-21(22)25)27-23(30)26-17-24(8-4-3-5-9-24)29-10-12-31-13-11-29/h6-7,14,18-19H,3-5,8-13,15-17H2,1-2H3,(H2,26,27,30). The van der Waals surface area contributed by atoms with Crippen molar-refractivity contribution in [1.29, 1.82) is 0 Å². The topological polar surface area (TPSA) is 66.1 Å². The summed E-state index contributed by atoms with van der Waals surface area (Å²) in [6, 6.07) is 4.62. The molecule has 2 aliphatic heterocycles. The molecule has 2 atom stereocenters. The summed E-state index contributed by atoms with van der Waals surface area (Å²) in [6.07, 6.45) is 5.92. The van der Waals surface area contributed by atoms with Gasteiger partial charge < -0.3 is 25.0 Å². The van der Waals surface area contributed by atoms with Gasteiger partial charge in [0.25, 0.3) is 0 Å². The Morgan fingerprint density at radius 3 is 2.47 bits per heavy atom. The summed E-state index contributed by atoms with van der Waals surface area (Å²) in [5.41, 5.74) is 1.01. The Kier molecular flexibility index (Phi) is 7.53. The molecule has 2 unspecified atom stereocenters. The first-order chi connectivity index (χ1) is 15.4. The van der Waals surface area contributed by atoms with Crippen molar-refractivity contribution in [1.82, 2.24) is 10.2 Å². The van der Waals surface area contributed by atoms with Crippen LogP contribution in [0, 0.1) is 5.82 Å². The van der Waals surface area contributed by atoms with Gasteiger partial charge in [0.2, 0.25) is 0 Å². The highest BCUT2D eigenvalue weighted by Crippen LogP contribution is 2.34. The molecule has 2 N–H and O–H groups in total. The minimum absolute atomic E-state index is 0.00179. The first-order valence-electron chi connectivity index (χ1n) is 12.0. The van der Waals surface area contributed by atoms with E-state index in [1.54, 1.807) is 12.1 Å². The van der Waals surface area contributed by atoms with E-state index in [-0.39, 0.29) is 29.6 Å². The summed E-state index contributed by atoms with van der Waals surface area (Å²) in [7, 11) is 0. The second kappa shape index (κ2) is 10.4. The van der Waals surface area contributed by atoms with Gasteiger partial charge in [0.1, 0.15) is 5.82 Å². The number of carbonyl (C=O) groups is 1. The zero-order valence-electron chi connectivity index (χ0n) is 19.4. The molecule has 1 aliphatic carbocycles. The van der Waals surface area contributed by atoms with E-state index in [0.717, 1.165) is 39.1 Å². The predicted molar refractivity (Wildman–Crippen MR) is 124 cm³/mol. The lowest BCUT2D eigenvalue weighted by Gasteiger charge is -2.48. The van der Waals surface area contributed by atoms with Crippen LogP contribution in [0.3, 0.4) is 0 Å². The van der Waals surface area contributed by atoms with E-state index in [1.165, 1.54) is 25.3 Å². The van der Waals surface area contributed by atoms with Crippen LogP contribution in [0.25, 0.3) is 0 Å². The second-order valence-electron chi connectivity index (χ2n) is 9.52. The first kappa shape index (κ1) is 23.3. The Balaban J connectivity index is 1.35. The lowest BCUT2D eigenvalue weighted by molar-refractivity contribution is -0.0356. The number of hydrogen-bond acceptors (Lipinski definition) is 5. The largest absolute Gasteiger partial charge is 0.379 e. The Hall–Kier alpha value is -1.90.